The van der Waals surface area contributed by atoms with E-state index in [1.807, 2.05) is 34.0 Å². The maximum Gasteiger partial charge on any atom is 0.242 e. The van der Waals surface area contributed by atoms with Crippen LogP contribution in [0.5, 0.6) is 0 Å². The minimum absolute atomic E-state index is 0.0266. The Morgan fingerprint density at radius 1 is 1.03 bits per heavy atom. The van der Waals surface area contributed by atoms with Gasteiger partial charge in [-0.1, -0.05) is 12.1 Å². The number of hydrogen-bond donors (Lipinski definition) is 1. The van der Waals surface area contributed by atoms with Crippen LogP contribution < -0.4 is 5.32 Å². The van der Waals surface area contributed by atoms with Crippen molar-refractivity contribution in [3.8, 4) is 5.69 Å². The van der Waals surface area contributed by atoms with Crippen LogP contribution in [0.4, 0.5) is 0 Å². The van der Waals surface area contributed by atoms with Crippen molar-refractivity contribution < 1.29 is 9.59 Å². The van der Waals surface area contributed by atoms with Crippen LogP contribution in [0.2, 0.25) is 0 Å². The third-order valence-electron chi connectivity index (χ3n) is 8.73. The Hall–Kier alpha value is -2.63. The smallest absolute Gasteiger partial charge is 0.242 e. The summed E-state index contributed by atoms with van der Waals surface area (Å²) in [5, 5.41) is 7.38. The van der Waals surface area contributed by atoms with E-state index in [1.165, 1.54) is 24.8 Å². The predicted octanol–water partition coefficient (Wildman–Crippen LogP) is 3.74. The van der Waals surface area contributed by atoms with E-state index in [4.69, 9.17) is 0 Å². The highest BCUT2D eigenvalue weighted by Crippen LogP contribution is 2.60. The number of carbonyl (C=O) groups is 2. The third kappa shape index (κ3) is 3.87. The van der Waals surface area contributed by atoms with E-state index in [2.05, 4.69) is 22.5 Å². The molecule has 2 amide bonds. The summed E-state index contributed by atoms with van der Waals surface area (Å²) in [4.78, 5) is 28.8. The van der Waals surface area contributed by atoms with Crippen molar-refractivity contribution in [2.75, 3.05) is 13.1 Å². The fourth-order valence-electron chi connectivity index (χ4n) is 7.64. The van der Waals surface area contributed by atoms with E-state index in [9.17, 15) is 9.59 Å². The number of likely N-dealkylation sites (tertiary alicyclic amines) is 1. The van der Waals surface area contributed by atoms with Crippen LogP contribution in [0.25, 0.3) is 5.69 Å². The number of nitrogens with one attached hydrogen (secondary N) is 1. The van der Waals surface area contributed by atoms with Crippen LogP contribution in [0.1, 0.15) is 56.9 Å². The summed E-state index contributed by atoms with van der Waals surface area (Å²) < 4.78 is 1.83. The van der Waals surface area contributed by atoms with Crippen molar-refractivity contribution in [3.63, 3.8) is 0 Å². The molecule has 1 N–H and O–H groups in total. The van der Waals surface area contributed by atoms with Gasteiger partial charge in [-0.25, -0.2) is 4.68 Å². The molecule has 4 saturated carbocycles. The Kier molecular flexibility index (Phi) is 5.27. The average molecular weight is 447 g/mol. The second kappa shape index (κ2) is 8.30. The highest BCUT2D eigenvalue weighted by molar-refractivity contribution is 5.91. The molecular formula is C27H34N4O2. The number of amides is 2. The highest BCUT2D eigenvalue weighted by atomic mass is 16.2. The van der Waals surface area contributed by atoms with E-state index < -0.39 is 0 Å². The van der Waals surface area contributed by atoms with Gasteiger partial charge in [0.05, 0.1) is 11.1 Å². The SMILES string of the molecule is O=C(NCCc1ccc(-n2cccn2)cc1)C1CCCN1C(=O)C12CC3CC(CC(C3)C1)C2. The predicted molar refractivity (Wildman–Crippen MR) is 126 cm³/mol. The molecule has 1 atom stereocenters. The lowest BCUT2D eigenvalue weighted by Gasteiger charge is -2.56. The maximum atomic E-state index is 13.8. The molecule has 33 heavy (non-hydrogen) atoms. The molecule has 1 unspecified atom stereocenters. The summed E-state index contributed by atoms with van der Waals surface area (Å²) in [6.45, 7) is 1.34. The van der Waals surface area contributed by atoms with Gasteiger partial charge in [-0.3, -0.25) is 9.59 Å². The fraction of sp³-hybridized carbons (Fsp3) is 0.593. The Bertz CT molecular complexity index is 978. The minimum atomic E-state index is -0.285. The van der Waals surface area contributed by atoms with Gasteiger partial charge >= 0.3 is 0 Å². The van der Waals surface area contributed by atoms with E-state index in [0.717, 1.165) is 68.5 Å². The second-order valence-corrected chi connectivity index (χ2v) is 11.0. The molecule has 6 nitrogen and oxygen atoms in total. The summed E-state index contributed by atoms with van der Waals surface area (Å²) >= 11 is 0. The second-order valence-electron chi connectivity index (χ2n) is 11.0. The molecule has 174 valence electrons. The molecule has 5 fully saturated rings. The summed E-state index contributed by atoms with van der Waals surface area (Å²) in [6.07, 6.45) is 13.4. The Morgan fingerprint density at radius 2 is 1.73 bits per heavy atom. The van der Waals surface area contributed by atoms with Gasteiger partial charge in [0, 0.05) is 25.5 Å². The van der Waals surface area contributed by atoms with Crippen LogP contribution in [0, 0.1) is 23.2 Å². The van der Waals surface area contributed by atoms with Gasteiger partial charge in [0.25, 0.3) is 0 Å². The molecule has 7 rings (SSSR count). The van der Waals surface area contributed by atoms with Gasteiger partial charge in [-0.15, -0.1) is 0 Å². The molecule has 0 spiro atoms. The lowest BCUT2D eigenvalue weighted by Crippen LogP contribution is -2.57. The normalized spacial score (nSPS) is 32.3. The summed E-state index contributed by atoms with van der Waals surface area (Å²) in [6, 6.07) is 9.89. The van der Waals surface area contributed by atoms with Crippen molar-refractivity contribution in [1.82, 2.24) is 20.0 Å². The van der Waals surface area contributed by atoms with Crippen LogP contribution in [-0.2, 0) is 16.0 Å². The number of hydrogen-bond acceptors (Lipinski definition) is 3. The van der Waals surface area contributed by atoms with Crippen LogP contribution in [0.3, 0.4) is 0 Å². The number of aromatic nitrogens is 2. The molecule has 1 aromatic carbocycles. The van der Waals surface area contributed by atoms with E-state index in [1.54, 1.807) is 6.20 Å². The first-order valence-corrected chi connectivity index (χ1v) is 12.8. The van der Waals surface area contributed by atoms with Gasteiger partial charge in [-0.2, -0.15) is 5.10 Å². The molecule has 2 aromatic rings. The Balaban J connectivity index is 1.05. The topological polar surface area (TPSA) is 67.2 Å². The van der Waals surface area contributed by atoms with Crippen molar-refractivity contribution in [3.05, 3.63) is 48.3 Å². The Morgan fingerprint density at radius 3 is 2.36 bits per heavy atom. The van der Waals surface area contributed by atoms with Crippen LogP contribution >= 0.6 is 0 Å². The molecule has 1 aromatic heterocycles. The lowest BCUT2D eigenvalue weighted by molar-refractivity contribution is -0.160. The molecular weight excluding hydrogens is 412 g/mol. The van der Waals surface area contributed by atoms with Gasteiger partial charge in [0.15, 0.2) is 0 Å². The first-order chi connectivity index (χ1) is 16.1. The first-order valence-electron chi connectivity index (χ1n) is 12.8. The summed E-state index contributed by atoms with van der Waals surface area (Å²) in [5.74, 6) is 2.56. The Labute approximate surface area is 195 Å². The van der Waals surface area contributed by atoms with Crippen molar-refractivity contribution >= 4 is 11.8 Å². The number of benzene rings is 1. The minimum Gasteiger partial charge on any atom is -0.354 e. The van der Waals surface area contributed by atoms with Crippen LogP contribution in [-0.4, -0.2) is 45.6 Å². The van der Waals surface area contributed by atoms with Crippen molar-refractivity contribution in [2.45, 2.75) is 63.8 Å². The number of carbonyl (C=O) groups excluding carboxylic acids is 2. The molecule has 2 heterocycles. The molecule has 5 aliphatic rings. The highest BCUT2D eigenvalue weighted by Gasteiger charge is 2.56. The first kappa shape index (κ1) is 20.9. The maximum absolute atomic E-state index is 13.8. The molecule has 6 heteroatoms. The van der Waals surface area contributed by atoms with Gasteiger partial charge in [0.1, 0.15) is 6.04 Å². The van der Waals surface area contributed by atoms with E-state index >= 15 is 0 Å². The molecule has 0 radical (unpaired) electrons. The molecule has 1 aliphatic heterocycles. The number of rotatable bonds is 6. The van der Waals surface area contributed by atoms with Gasteiger partial charge in [-0.05, 0) is 99.3 Å². The van der Waals surface area contributed by atoms with Crippen LogP contribution in [0.15, 0.2) is 42.7 Å². The monoisotopic (exact) mass is 446 g/mol. The summed E-state index contributed by atoms with van der Waals surface area (Å²) in [5.41, 5.74) is 2.05. The zero-order chi connectivity index (χ0) is 22.4. The van der Waals surface area contributed by atoms with Gasteiger partial charge in [0.2, 0.25) is 11.8 Å². The lowest BCUT2D eigenvalue weighted by atomic mass is 9.49. The largest absolute Gasteiger partial charge is 0.354 e. The fourth-order valence-corrected chi connectivity index (χ4v) is 7.64. The average Bonchev–Trinajstić information content (AvgIpc) is 3.51. The van der Waals surface area contributed by atoms with Gasteiger partial charge < -0.3 is 10.2 Å². The molecule has 4 aliphatic carbocycles. The van der Waals surface area contributed by atoms with E-state index in [0.29, 0.717) is 12.5 Å². The molecule has 4 bridgehead atoms. The zero-order valence-corrected chi connectivity index (χ0v) is 19.3. The quantitative estimate of drug-likeness (QED) is 0.735. The third-order valence-corrected chi connectivity index (χ3v) is 8.73. The standard InChI is InChI=1S/C27H34N4O2/c32-25(28-10-8-19-4-6-23(7-5-19)31-12-2-9-29-31)24-3-1-11-30(24)26(33)27-16-20-13-21(17-27)15-22(14-20)18-27/h2,4-7,9,12,20-22,24H,1,3,8,10-11,13-18H2,(H,28,32). The number of nitrogens with zero attached hydrogens (tertiary/aromatic N) is 3. The van der Waals surface area contributed by atoms with Crippen molar-refractivity contribution in [1.29, 1.82) is 0 Å². The van der Waals surface area contributed by atoms with E-state index in [-0.39, 0.29) is 17.4 Å². The van der Waals surface area contributed by atoms with Crippen molar-refractivity contribution in [2.24, 2.45) is 23.2 Å². The summed E-state index contributed by atoms with van der Waals surface area (Å²) in [7, 11) is 0. The molecule has 1 saturated heterocycles. The zero-order valence-electron chi connectivity index (χ0n) is 19.3.